The zero-order valence-electron chi connectivity index (χ0n) is 12.7. The van der Waals surface area contributed by atoms with Crippen LogP contribution in [0.2, 0.25) is 5.02 Å². The van der Waals surface area contributed by atoms with E-state index < -0.39 is 5.82 Å². The Morgan fingerprint density at radius 1 is 1.27 bits per heavy atom. The van der Waals surface area contributed by atoms with Crippen LogP contribution in [0.5, 0.6) is 0 Å². The average molecular weight is 320 g/mol. The van der Waals surface area contributed by atoms with Crippen molar-refractivity contribution in [3.8, 4) is 0 Å². The molecule has 1 unspecified atom stereocenters. The molecule has 1 N–H and O–H groups in total. The van der Waals surface area contributed by atoms with Gasteiger partial charge >= 0.3 is 0 Å². The van der Waals surface area contributed by atoms with E-state index in [1.807, 2.05) is 38.1 Å². The van der Waals surface area contributed by atoms with E-state index in [9.17, 15) is 9.18 Å². The third-order valence-corrected chi connectivity index (χ3v) is 3.91. The number of carbonyl (C=O) groups excluding carboxylic acids is 1. The number of hydrogen-bond acceptors (Lipinski definition) is 1. The van der Waals surface area contributed by atoms with Crippen LogP contribution in [0.15, 0.2) is 42.5 Å². The fourth-order valence-electron chi connectivity index (χ4n) is 2.46. The van der Waals surface area contributed by atoms with Crippen LogP contribution in [-0.2, 0) is 11.2 Å². The average Bonchev–Trinajstić information content (AvgIpc) is 2.48. The molecule has 0 aromatic heterocycles. The first-order valence-electron chi connectivity index (χ1n) is 7.30. The quantitative estimate of drug-likeness (QED) is 0.857. The van der Waals surface area contributed by atoms with E-state index in [4.69, 9.17) is 11.6 Å². The zero-order chi connectivity index (χ0) is 16.1. The second kappa shape index (κ2) is 7.41. The number of aryl methyl sites for hydroxylation is 1. The maximum atomic E-state index is 13.8. The molecule has 1 amide bonds. The molecule has 2 nitrogen and oxygen atoms in total. The number of hydrogen-bond donors (Lipinski definition) is 1. The maximum absolute atomic E-state index is 13.8. The van der Waals surface area contributed by atoms with Crippen LogP contribution in [0.4, 0.5) is 4.39 Å². The van der Waals surface area contributed by atoms with Crippen molar-refractivity contribution in [1.82, 2.24) is 5.32 Å². The van der Waals surface area contributed by atoms with Crippen LogP contribution in [0.1, 0.15) is 36.1 Å². The van der Waals surface area contributed by atoms with E-state index in [0.29, 0.717) is 10.6 Å². The van der Waals surface area contributed by atoms with Gasteiger partial charge in [-0.25, -0.2) is 4.39 Å². The number of rotatable bonds is 5. The van der Waals surface area contributed by atoms with Crippen molar-refractivity contribution >= 4 is 17.5 Å². The van der Waals surface area contributed by atoms with Gasteiger partial charge in [0.05, 0.1) is 12.5 Å². The summed E-state index contributed by atoms with van der Waals surface area (Å²) >= 11 is 5.72. The first-order valence-corrected chi connectivity index (χ1v) is 7.68. The Kier molecular flexibility index (Phi) is 5.56. The third kappa shape index (κ3) is 4.08. The second-order valence-corrected chi connectivity index (χ2v) is 5.73. The highest BCUT2D eigenvalue weighted by molar-refractivity contribution is 6.30. The molecule has 0 heterocycles. The predicted molar refractivity (Wildman–Crippen MR) is 87.5 cm³/mol. The fourth-order valence-corrected chi connectivity index (χ4v) is 2.62. The smallest absolute Gasteiger partial charge is 0.225 e. The molecule has 0 fully saturated rings. The molecule has 0 saturated heterocycles. The topological polar surface area (TPSA) is 29.1 Å². The number of benzene rings is 2. The Balaban J connectivity index is 2.08. The highest BCUT2D eigenvalue weighted by Crippen LogP contribution is 2.21. The first-order chi connectivity index (χ1) is 10.5. The summed E-state index contributed by atoms with van der Waals surface area (Å²) in [6.45, 7) is 4.03. The number of amides is 1. The minimum atomic E-state index is -0.452. The molecule has 0 aliphatic heterocycles. The molecule has 4 heteroatoms. The lowest BCUT2D eigenvalue weighted by atomic mass is 9.99. The van der Waals surface area contributed by atoms with Gasteiger partial charge in [-0.05, 0) is 42.2 Å². The summed E-state index contributed by atoms with van der Waals surface area (Å²) in [7, 11) is 0. The highest BCUT2D eigenvalue weighted by Gasteiger charge is 2.16. The standard InChI is InChI=1S/C18H19ClFNO/c1-3-17(15-7-5-4-6-12(15)2)21-18(22)10-13-8-9-14(19)11-16(13)20/h4-9,11,17H,3,10H2,1-2H3,(H,21,22). The summed E-state index contributed by atoms with van der Waals surface area (Å²) in [5, 5.41) is 3.30. The van der Waals surface area contributed by atoms with E-state index in [1.165, 1.54) is 6.07 Å². The Morgan fingerprint density at radius 2 is 2.00 bits per heavy atom. The van der Waals surface area contributed by atoms with Crippen LogP contribution in [0.3, 0.4) is 0 Å². The van der Waals surface area contributed by atoms with Gasteiger partial charge in [0.15, 0.2) is 0 Å². The zero-order valence-corrected chi connectivity index (χ0v) is 13.5. The monoisotopic (exact) mass is 319 g/mol. The van der Waals surface area contributed by atoms with E-state index in [0.717, 1.165) is 17.5 Å². The van der Waals surface area contributed by atoms with Crippen LogP contribution >= 0.6 is 11.6 Å². The molecule has 116 valence electrons. The molecule has 0 aliphatic carbocycles. The van der Waals surface area contributed by atoms with Crippen LogP contribution in [-0.4, -0.2) is 5.91 Å². The van der Waals surface area contributed by atoms with Gasteiger partial charge in [0.25, 0.3) is 0 Å². The third-order valence-electron chi connectivity index (χ3n) is 3.67. The molecule has 0 bridgehead atoms. The van der Waals surface area contributed by atoms with Crippen molar-refractivity contribution in [2.24, 2.45) is 0 Å². The molecule has 22 heavy (non-hydrogen) atoms. The largest absolute Gasteiger partial charge is 0.349 e. The summed E-state index contributed by atoms with van der Waals surface area (Å²) in [4.78, 5) is 12.2. The van der Waals surface area contributed by atoms with Crippen molar-refractivity contribution < 1.29 is 9.18 Å². The predicted octanol–water partition coefficient (Wildman–Crippen LogP) is 4.60. The Morgan fingerprint density at radius 3 is 2.64 bits per heavy atom. The summed E-state index contributed by atoms with van der Waals surface area (Å²) in [6.07, 6.45) is 0.783. The number of halogens is 2. The fraction of sp³-hybridized carbons (Fsp3) is 0.278. The SMILES string of the molecule is CCC(NC(=O)Cc1ccc(Cl)cc1F)c1ccccc1C. The minimum absolute atomic E-state index is 0.00534. The van der Waals surface area contributed by atoms with E-state index in [-0.39, 0.29) is 18.4 Å². The van der Waals surface area contributed by atoms with Gasteiger partial charge in [-0.15, -0.1) is 0 Å². The van der Waals surface area contributed by atoms with Gasteiger partial charge in [0.2, 0.25) is 5.91 Å². The van der Waals surface area contributed by atoms with E-state index in [1.54, 1.807) is 12.1 Å². The molecule has 0 aliphatic rings. The first kappa shape index (κ1) is 16.5. The Bertz CT molecular complexity index is 672. The Hall–Kier alpha value is -1.87. The molecule has 1 atom stereocenters. The van der Waals surface area contributed by atoms with Gasteiger partial charge in [-0.3, -0.25) is 4.79 Å². The van der Waals surface area contributed by atoms with Crippen molar-refractivity contribution in [3.05, 3.63) is 70.0 Å². The summed E-state index contributed by atoms with van der Waals surface area (Å²) in [5.41, 5.74) is 2.57. The molecular weight excluding hydrogens is 301 g/mol. The highest BCUT2D eigenvalue weighted by atomic mass is 35.5. The molecule has 0 spiro atoms. The van der Waals surface area contributed by atoms with Crippen LogP contribution in [0.25, 0.3) is 0 Å². The van der Waals surface area contributed by atoms with Crippen LogP contribution < -0.4 is 5.32 Å². The lowest BCUT2D eigenvalue weighted by molar-refractivity contribution is -0.121. The molecule has 2 rings (SSSR count). The van der Waals surface area contributed by atoms with E-state index >= 15 is 0 Å². The van der Waals surface area contributed by atoms with Gasteiger partial charge in [0.1, 0.15) is 5.82 Å². The summed E-state index contributed by atoms with van der Waals surface area (Å²) < 4.78 is 13.8. The van der Waals surface area contributed by atoms with Gasteiger partial charge in [0, 0.05) is 5.02 Å². The van der Waals surface area contributed by atoms with E-state index in [2.05, 4.69) is 5.32 Å². The van der Waals surface area contributed by atoms with Crippen molar-refractivity contribution in [2.75, 3.05) is 0 Å². The normalized spacial score (nSPS) is 12.0. The summed E-state index contributed by atoms with van der Waals surface area (Å²) in [5.74, 6) is -0.650. The lowest BCUT2D eigenvalue weighted by Crippen LogP contribution is -2.30. The van der Waals surface area contributed by atoms with Crippen molar-refractivity contribution in [2.45, 2.75) is 32.7 Å². The molecule has 2 aromatic carbocycles. The van der Waals surface area contributed by atoms with Gasteiger partial charge < -0.3 is 5.32 Å². The molecular formula is C18H19ClFNO. The maximum Gasteiger partial charge on any atom is 0.225 e. The Labute approximate surface area is 135 Å². The van der Waals surface area contributed by atoms with Crippen molar-refractivity contribution in [1.29, 1.82) is 0 Å². The second-order valence-electron chi connectivity index (χ2n) is 5.30. The van der Waals surface area contributed by atoms with Gasteiger partial charge in [-0.1, -0.05) is 48.9 Å². The minimum Gasteiger partial charge on any atom is -0.349 e. The summed E-state index contributed by atoms with van der Waals surface area (Å²) in [6, 6.07) is 12.2. The molecule has 0 radical (unpaired) electrons. The number of carbonyl (C=O) groups is 1. The molecule has 0 saturated carbocycles. The van der Waals surface area contributed by atoms with Crippen molar-refractivity contribution in [3.63, 3.8) is 0 Å². The van der Waals surface area contributed by atoms with Gasteiger partial charge in [-0.2, -0.15) is 0 Å². The number of nitrogens with one attached hydrogen (secondary N) is 1. The van der Waals surface area contributed by atoms with Crippen LogP contribution in [0, 0.1) is 12.7 Å². The lowest BCUT2D eigenvalue weighted by Gasteiger charge is -2.19. The molecule has 2 aromatic rings.